The number of aromatic nitrogens is 2. The number of aliphatic hydroxyl groups is 1. The molecule has 0 radical (unpaired) electrons. The van der Waals surface area contributed by atoms with Gasteiger partial charge < -0.3 is 10.4 Å². The number of nitrogens with zero attached hydrogens (tertiary/aromatic N) is 2. The molecule has 0 amide bonds. The molecule has 2 N–H and O–H groups in total. The predicted molar refractivity (Wildman–Crippen MR) is 70.0 cm³/mol. The third-order valence-electron chi connectivity index (χ3n) is 3.18. The third kappa shape index (κ3) is 4.48. The van der Waals surface area contributed by atoms with Crippen LogP contribution in [-0.4, -0.2) is 33.6 Å². The number of aryl methyl sites for hydroxylation is 2. The fourth-order valence-corrected chi connectivity index (χ4v) is 1.90. The van der Waals surface area contributed by atoms with Crippen molar-refractivity contribution < 1.29 is 5.11 Å². The lowest BCUT2D eigenvalue weighted by atomic mass is 9.96. The Hall–Kier alpha value is -0.870. The van der Waals surface area contributed by atoms with Crippen LogP contribution in [0.2, 0.25) is 0 Å². The first kappa shape index (κ1) is 14.2. The zero-order valence-corrected chi connectivity index (χ0v) is 11.2. The first-order chi connectivity index (χ1) is 8.11. The Kier molecular flexibility index (Phi) is 5.65. The summed E-state index contributed by atoms with van der Waals surface area (Å²) in [6, 6.07) is 2.01. The van der Waals surface area contributed by atoms with Crippen LogP contribution in [0.1, 0.15) is 38.8 Å². The Morgan fingerprint density at radius 1 is 1.53 bits per heavy atom. The standard InChI is InChI=1S/C13H25N3O/c1-4-8-14-13(3,11-17)7-5-10-16-12(2)6-9-15-16/h6,9,14,17H,4-5,7-8,10-11H2,1-3H3. The summed E-state index contributed by atoms with van der Waals surface area (Å²) < 4.78 is 2.01. The molecular formula is C13H25N3O. The Labute approximate surface area is 104 Å². The number of nitrogens with one attached hydrogen (secondary N) is 1. The molecule has 0 aliphatic heterocycles. The molecule has 4 heteroatoms. The summed E-state index contributed by atoms with van der Waals surface area (Å²) in [4.78, 5) is 0. The Bertz CT molecular complexity index is 324. The van der Waals surface area contributed by atoms with Crippen molar-refractivity contribution in [1.29, 1.82) is 0 Å². The maximum absolute atomic E-state index is 9.44. The van der Waals surface area contributed by atoms with Gasteiger partial charge in [0.25, 0.3) is 0 Å². The molecule has 0 spiro atoms. The van der Waals surface area contributed by atoms with Gasteiger partial charge in [0.05, 0.1) is 6.61 Å². The molecule has 17 heavy (non-hydrogen) atoms. The quantitative estimate of drug-likeness (QED) is 0.726. The minimum atomic E-state index is -0.156. The molecule has 1 aromatic heterocycles. The molecule has 1 heterocycles. The summed E-state index contributed by atoms with van der Waals surface area (Å²) in [5, 5.41) is 17.1. The smallest absolute Gasteiger partial charge is 0.0610 e. The van der Waals surface area contributed by atoms with Crippen molar-refractivity contribution in [1.82, 2.24) is 15.1 Å². The van der Waals surface area contributed by atoms with E-state index in [1.165, 1.54) is 5.69 Å². The topological polar surface area (TPSA) is 50.1 Å². The van der Waals surface area contributed by atoms with E-state index in [4.69, 9.17) is 0 Å². The van der Waals surface area contributed by atoms with Crippen LogP contribution in [0.5, 0.6) is 0 Å². The van der Waals surface area contributed by atoms with E-state index >= 15 is 0 Å². The minimum Gasteiger partial charge on any atom is -0.394 e. The van der Waals surface area contributed by atoms with E-state index in [0.717, 1.165) is 32.4 Å². The highest BCUT2D eigenvalue weighted by Gasteiger charge is 2.21. The van der Waals surface area contributed by atoms with Crippen molar-refractivity contribution in [3.05, 3.63) is 18.0 Å². The lowest BCUT2D eigenvalue weighted by Gasteiger charge is -2.28. The normalized spacial score (nSPS) is 14.8. The predicted octanol–water partition coefficient (Wildman–Crippen LogP) is 1.72. The summed E-state index contributed by atoms with van der Waals surface area (Å²) in [5.41, 5.74) is 1.04. The van der Waals surface area contributed by atoms with Crippen molar-refractivity contribution in [2.75, 3.05) is 13.2 Å². The largest absolute Gasteiger partial charge is 0.394 e. The van der Waals surface area contributed by atoms with Gasteiger partial charge in [-0.2, -0.15) is 5.10 Å². The molecule has 1 unspecified atom stereocenters. The SMILES string of the molecule is CCCNC(C)(CO)CCCn1nccc1C. The first-order valence-corrected chi connectivity index (χ1v) is 6.45. The van der Waals surface area contributed by atoms with Crippen molar-refractivity contribution in [3.63, 3.8) is 0 Å². The molecule has 0 saturated carbocycles. The van der Waals surface area contributed by atoms with E-state index in [1.807, 2.05) is 16.9 Å². The maximum atomic E-state index is 9.44. The second-order valence-electron chi connectivity index (χ2n) is 4.94. The van der Waals surface area contributed by atoms with E-state index < -0.39 is 0 Å². The average molecular weight is 239 g/mol. The molecule has 0 aliphatic rings. The van der Waals surface area contributed by atoms with Crippen molar-refractivity contribution in [2.45, 2.75) is 52.1 Å². The van der Waals surface area contributed by atoms with Gasteiger partial charge in [-0.3, -0.25) is 4.68 Å². The summed E-state index contributed by atoms with van der Waals surface area (Å²) in [6.07, 6.45) is 4.91. The Morgan fingerprint density at radius 2 is 2.29 bits per heavy atom. The van der Waals surface area contributed by atoms with Gasteiger partial charge in [-0.15, -0.1) is 0 Å². The monoisotopic (exact) mass is 239 g/mol. The third-order valence-corrected chi connectivity index (χ3v) is 3.18. The van der Waals surface area contributed by atoms with E-state index in [0.29, 0.717) is 0 Å². The van der Waals surface area contributed by atoms with Crippen LogP contribution in [0.15, 0.2) is 12.3 Å². The number of aliphatic hydroxyl groups excluding tert-OH is 1. The lowest BCUT2D eigenvalue weighted by Crippen LogP contribution is -2.46. The van der Waals surface area contributed by atoms with Gasteiger partial charge in [0, 0.05) is 24.0 Å². The second-order valence-corrected chi connectivity index (χ2v) is 4.94. The van der Waals surface area contributed by atoms with Gasteiger partial charge in [-0.1, -0.05) is 6.92 Å². The zero-order valence-electron chi connectivity index (χ0n) is 11.2. The van der Waals surface area contributed by atoms with Gasteiger partial charge >= 0.3 is 0 Å². The van der Waals surface area contributed by atoms with Crippen molar-refractivity contribution in [3.8, 4) is 0 Å². The number of hydrogen-bond donors (Lipinski definition) is 2. The fraction of sp³-hybridized carbons (Fsp3) is 0.769. The fourth-order valence-electron chi connectivity index (χ4n) is 1.90. The summed E-state index contributed by atoms with van der Waals surface area (Å²) in [6.45, 7) is 8.34. The number of hydrogen-bond acceptors (Lipinski definition) is 3. The highest BCUT2D eigenvalue weighted by atomic mass is 16.3. The highest BCUT2D eigenvalue weighted by Crippen LogP contribution is 2.13. The van der Waals surface area contributed by atoms with Crippen LogP contribution >= 0.6 is 0 Å². The second kappa shape index (κ2) is 6.77. The molecule has 0 fully saturated rings. The average Bonchev–Trinajstić information content (AvgIpc) is 2.73. The van der Waals surface area contributed by atoms with Crippen LogP contribution in [0.3, 0.4) is 0 Å². The van der Waals surface area contributed by atoms with Crippen LogP contribution < -0.4 is 5.32 Å². The van der Waals surface area contributed by atoms with Gasteiger partial charge in [-0.05, 0) is 45.7 Å². The first-order valence-electron chi connectivity index (χ1n) is 6.45. The Morgan fingerprint density at radius 3 is 2.82 bits per heavy atom. The van der Waals surface area contributed by atoms with E-state index in [-0.39, 0.29) is 12.1 Å². The van der Waals surface area contributed by atoms with E-state index in [1.54, 1.807) is 0 Å². The van der Waals surface area contributed by atoms with Gasteiger partial charge in [0.15, 0.2) is 0 Å². The summed E-state index contributed by atoms with van der Waals surface area (Å²) in [5.74, 6) is 0. The molecule has 0 bridgehead atoms. The molecule has 0 aliphatic carbocycles. The van der Waals surface area contributed by atoms with Gasteiger partial charge in [-0.25, -0.2) is 0 Å². The maximum Gasteiger partial charge on any atom is 0.0610 e. The van der Waals surface area contributed by atoms with Crippen LogP contribution in [-0.2, 0) is 6.54 Å². The molecule has 4 nitrogen and oxygen atoms in total. The molecule has 1 aromatic rings. The molecule has 0 saturated heterocycles. The summed E-state index contributed by atoms with van der Waals surface area (Å²) in [7, 11) is 0. The molecule has 1 rings (SSSR count). The van der Waals surface area contributed by atoms with E-state index in [9.17, 15) is 5.11 Å². The van der Waals surface area contributed by atoms with Gasteiger partial charge in [0.2, 0.25) is 0 Å². The van der Waals surface area contributed by atoms with Gasteiger partial charge in [0.1, 0.15) is 0 Å². The Balaban J connectivity index is 2.35. The molecule has 98 valence electrons. The number of rotatable bonds is 8. The van der Waals surface area contributed by atoms with E-state index in [2.05, 4.69) is 31.2 Å². The molecule has 1 atom stereocenters. The van der Waals surface area contributed by atoms with Crippen LogP contribution in [0, 0.1) is 6.92 Å². The molecular weight excluding hydrogens is 214 g/mol. The zero-order chi connectivity index (χ0) is 12.7. The van der Waals surface area contributed by atoms with Crippen LogP contribution in [0.25, 0.3) is 0 Å². The highest BCUT2D eigenvalue weighted by molar-refractivity contribution is 4.96. The van der Waals surface area contributed by atoms with Crippen molar-refractivity contribution in [2.24, 2.45) is 0 Å². The summed E-state index contributed by atoms with van der Waals surface area (Å²) >= 11 is 0. The lowest BCUT2D eigenvalue weighted by molar-refractivity contribution is 0.162. The minimum absolute atomic E-state index is 0.156. The van der Waals surface area contributed by atoms with Crippen molar-refractivity contribution >= 4 is 0 Å². The van der Waals surface area contributed by atoms with Crippen LogP contribution in [0.4, 0.5) is 0 Å². The molecule has 0 aromatic carbocycles.